The number of halogens is 2. The number of hydrogen-bond donors (Lipinski definition) is 2. The maximum absolute atomic E-state index is 12.9. The van der Waals surface area contributed by atoms with Crippen molar-refractivity contribution in [2.45, 2.75) is 0 Å². The smallest absolute Gasteiger partial charge is 0.255 e. The molecule has 2 N–H and O–H groups in total. The lowest BCUT2D eigenvalue weighted by molar-refractivity contribution is 0.102. The number of carbonyl (C=O) groups excluding carboxylic acids is 1. The van der Waals surface area contributed by atoms with E-state index in [0.717, 1.165) is 0 Å². The molecule has 0 saturated carbocycles. The van der Waals surface area contributed by atoms with Gasteiger partial charge in [0.1, 0.15) is 11.6 Å². The summed E-state index contributed by atoms with van der Waals surface area (Å²) in [6.07, 6.45) is 0. The lowest BCUT2D eigenvalue weighted by Gasteiger charge is -2.07. The Morgan fingerprint density at radius 1 is 1.22 bits per heavy atom. The lowest BCUT2D eigenvalue weighted by atomic mass is 10.2. The zero-order valence-corrected chi connectivity index (χ0v) is 10.7. The molecule has 2 aromatic carbocycles. The first kappa shape index (κ1) is 12.6. The van der Waals surface area contributed by atoms with Crippen LogP contribution in [0.25, 0.3) is 0 Å². The highest BCUT2D eigenvalue weighted by molar-refractivity contribution is 9.10. The van der Waals surface area contributed by atoms with E-state index in [0.29, 0.717) is 15.7 Å². The standard InChI is InChI=1S/C13H9BrFNO2/c14-11-7-9(15)4-5-12(11)16-13(18)8-2-1-3-10(17)6-8/h1-7,17H,(H,16,18). The molecule has 0 aliphatic carbocycles. The molecule has 0 saturated heterocycles. The average Bonchev–Trinajstić information content (AvgIpc) is 2.32. The van der Waals surface area contributed by atoms with Gasteiger partial charge in [-0.05, 0) is 52.3 Å². The van der Waals surface area contributed by atoms with Gasteiger partial charge in [0.25, 0.3) is 5.91 Å². The van der Waals surface area contributed by atoms with Crippen molar-refractivity contribution in [2.75, 3.05) is 5.32 Å². The van der Waals surface area contributed by atoms with Gasteiger partial charge in [-0.25, -0.2) is 4.39 Å². The molecule has 0 radical (unpaired) electrons. The highest BCUT2D eigenvalue weighted by Gasteiger charge is 2.09. The van der Waals surface area contributed by atoms with E-state index in [9.17, 15) is 14.3 Å². The molecule has 0 atom stereocenters. The first-order chi connectivity index (χ1) is 8.56. The number of anilines is 1. The van der Waals surface area contributed by atoms with Crippen molar-refractivity contribution in [1.82, 2.24) is 0 Å². The second kappa shape index (κ2) is 5.18. The third kappa shape index (κ3) is 2.87. The first-order valence-corrected chi connectivity index (χ1v) is 5.91. The van der Waals surface area contributed by atoms with E-state index in [1.165, 1.54) is 30.3 Å². The van der Waals surface area contributed by atoms with Crippen LogP contribution in [0.3, 0.4) is 0 Å². The topological polar surface area (TPSA) is 49.3 Å². The van der Waals surface area contributed by atoms with Gasteiger partial charge in [0.05, 0.1) is 5.69 Å². The fourth-order valence-electron chi connectivity index (χ4n) is 1.43. The zero-order chi connectivity index (χ0) is 13.1. The summed E-state index contributed by atoms with van der Waals surface area (Å²) in [6, 6.07) is 9.95. The summed E-state index contributed by atoms with van der Waals surface area (Å²) in [7, 11) is 0. The summed E-state index contributed by atoms with van der Waals surface area (Å²) in [5.41, 5.74) is 0.788. The largest absolute Gasteiger partial charge is 0.508 e. The van der Waals surface area contributed by atoms with Gasteiger partial charge in [-0.2, -0.15) is 0 Å². The van der Waals surface area contributed by atoms with E-state index in [2.05, 4.69) is 21.2 Å². The zero-order valence-electron chi connectivity index (χ0n) is 9.15. The van der Waals surface area contributed by atoms with Crippen LogP contribution in [0.1, 0.15) is 10.4 Å². The highest BCUT2D eigenvalue weighted by Crippen LogP contribution is 2.24. The Kier molecular flexibility index (Phi) is 3.62. The van der Waals surface area contributed by atoms with Crippen LogP contribution in [0.15, 0.2) is 46.9 Å². The fourth-order valence-corrected chi connectivity index (χ4v) is 1.88. The quantitative estimate of drug-likeness (QED) is 0.891. The molecule has 0 unspecified atom stereocenters. The van der Waals surface area contributed by atoms with E-state index in [4.69, 9.17) is 0 Å². The summed E-state index contributed by atoms with van der Waals surface area (Å²) < 4.78 is 13.3. The van der Waals surface area contributed by atoms with Crippen LogP contribution in [-0.2, 0) is 0 Å². The fraction of sp³-hybridized carbons (Fsp3) is 0. The van der Waals surface area contributed by atoms with Gasteiger partial charge in [-0.15, -0.1) is 0 Å². The number of nitrogens with one attached hydrogen (secondary N) is 1. The van der Waals surface area contributed by atoms with Crippen molar-refractivity contribution in [3.8, 4) is 5.75 Å². The molecule has 3 nitrogen and oxygen atoms in total. The number of phenolic OH excluding ortho intramolecular Hbond substituents is 1. The van der Waals surface area contributed by atoms with Crippen LogP contribution in [0.5, 0.6) is 5.75 Å². The van der Waals surface area contributed by atoms with Gasteiger partial charge in [0.15, 0.2) is 0 Å². The molecule has 2 rings (SSSR count). The van der Waals surface area contributed by atoms with Gasteiger partial charge in [-0.3, -0.25) is 4.79 Å². The van der Waals surface area contributed by atoms with Crippen LogP contribution >= 0.6 is 15.9 Å². The molecule has 2 aromatic rings. The monoisotopic (exact) mass is 309 g/mol. The minimum Gasteiger partial charge on any atom is -0.508 e. The Hall–Kier alpha value is -1.88. The SMILES string of the molecule is O=C(Nc1ccc(F)cc1Br)c1cccc(O)c1. The Morgan fingerprint density at radius 2 is 2.00 bits per heavy atom. The van der Waals surface area contributed by atoms with Crippen LogP contribution in [-0.4, -0.2) is 11.0 Å². The number of benzene rings is 2. The van der Waals surface area contributed by atoms with Crippen LogP contribution in [0, 0.1) is 5.82 Å². The average molecular weight is 310 g/mol. The molecule has 0 aliphatic heterocycles. The van der Waals surface area contributed by atoms with Crippen LogP contribution in [0.2, 0.25) is 0 Å². The van der Waals surface area contributed by atoms with Crippen LogP contribution < -0.4 is 5.32 Å². The number of carbonyl (C=O) groups is 1. The number of hydrogen-bond acceptors (Lipinski definition) is 2. The summed E-state index contributed by atoms with van der Waals surface area (Å²) in [6.45, 7) is 0. The second-order valence-corrected chi connectivity index (χ2v) is 4.48. The second-order valence-electron chi connectivity index (χ2n) is 3.63. The molecule has 18 heavy (non-hydrogen) atoms. The number of phenols is 1. The molecule has 1 amide bonds. The van der Waals surface area contributed by atoms with Crippen molar-refractivity contribution in [2.24, 2.45) is 0 Å². The Bertz CT molecular complexity index is 601. The normalized spacial score (nSPS) is 10.1. The molecule has 92 valence electrons. The van der Waals surface area contributed by atoms with Gasteiger partial charge in [0.2, 0.25) is 0 Å². The van der Waals surface area contributed by atoms with E-state index < -0.39 is 5.82 Å². The molecule has 5 heteroatoms. The van der Waals surface area contributed by atoms with E-state index in [1.54, 1.807) is 12.1 Å². The Balaban J connectivity index is 2.21. The molecule has 0 bridgehead atoms. The molecular formula is C13H9BrFNO2. The van der Waals surface area contributed by atoms with Gasteiger partial charge in [-0.1, -0.05) is 6.07 Å². The highest BCUT2D eigenvalue weighted by atomic mass is 79.9. The third-order valence-corrected chi connectivity index (χ3v) is 2.94. The molecule has 0 spiro atoms. The van der Waals surface area contributed by atoms with Gasteiger partial charge in [0, 0.05) is 10.0 Å². The summed E-state index contributed by atoms with van der Waals surface area (Å²) in [5, 5.41) is 11.9. The van der Waals surface area contributed by atoms with Gasteiger partial charge < -0.3 is 10.4 Å². The predicted octanol–water partition coefficient (Wildman–Crippen LogP) is 3.55. The molecule has 0 fully saturated rings. The molecule has 0 aliphatic rings. The van der Waals surface area contributed by atoms with Crippen molar-refractivity contribution in [1.29, 1.82) is 0 Å². The minimum atomic E-state index is -0.391. The Labute approximate surface area is 111 Å². The van der Waals surface area contributed by atoms with Gasteiger partial charge >= 0.3 is 0 Å². The summed E-state index contributed by atoms with van der Waals surface area (Å²) in [4.78, 5) is 11.9. The molecular weight excluding hydrogens is 301 g/mol. The van der Waals surface area contributed by atoms with E-state index >= 15 is 0 Å². The third-order valence-electron chi connectivity index (χ3n) is 2.29. The van der Waals surface area contributed by atoms with Crippen molar-refractivity contribution in [3.05, 3.63) is 58.3 Å². The summed E-state index contributed by atoms with van der Waals surface area (Å²) in [5.74, 6) is -0.753. The molecule has 0 aromatic heterocycles. The Morgan fingerprint density at radius 3 is 2.67 bits per heavy atom. The van der Waals surface area contributed by atoms with E-state index in [-0.39, 0.29) is 11.7 Å². The van der Waals surface area contributed by atoms with E-state index in [1.807, 2.05) is 0 Å². The predicted molar refractivity (Wildman–Crippen MR) is 70.2 cm³/mol. The minimum absolute atomic E-state index is 0.0146. The lowest BCUT2D eigenvalue weighted by Crippen LogP contribution is -2.12. The number of rotatable bonds is 2. The van der Waals surface area contributed by atoms with Crippen molar-refractivity contribution < 1.29 is 14.3 Å². The maximum Gasteiger partial charge on any atom is 0.255 e. The first-order valence-electron chi connectivity index (χ1n) is 5.12. The number of amides is 1. The maximum atomic E-state index is 12.9. The van der Waals surface area contributed by atoms with Crippen molar-refractivity contribution >= 4 is 27.5 Å². The van der Waals surface area contributed by atoms with Crippen molar-refractivity contribution in [3.63, 3.8) is 0 Å². The summed E-state index contributed by atoms with van der Waals surface area (Å²) >= 11 is 3.16. The number of aromatic hydroxyl groups is 1. The molecule has 0 heterocycles. The van der Waals surface area contributed by atoms with Crippen LogP contribution in [0.4, 0.5) is 10.1 Å².